The molecular formula is C24H32N6O2. The minimum Gasteiger partial charge on any atom is -0.496 e. The molecule has 0 spiro atoms. The van der Waals surface area contributed by atoms with Gasteiger partial charge in [-0.15, -0.1) is 0 Å². The maximum atomic E-state index is 6.06. The highest BCUT2D eigenvalue weighted by Crippen LogP contribution is 2.35. The summed E-state index contributed by atoms with van der Waals surface area (Å²) in [5.41, 5.74) is 9.42. The van der Waals surface area contributed by atoms with Crippen molar-refractivity contribution in [2.24, 2.45) is 17.5 Å². The highest BCUT2D eigenvalue weighted by Gasteiger charge is 2.13. The molecule has 3 aromatic rings. The summed E-state index contributed by atoms with van der Waals surface area (Å²) in [6.07, 6.45) is 3.35. The fourth-order valence-electron chi connectivity index (χ4n) is 3.15. The molecule has 1 heterocycles. The summed E-state index contributed by atoms with van der Waals surface area (Å²) in [5, 5.41) is 5.74. The average molecular weight is 437 g/mol. The second-order valence-corrected chi connectivity index (χ2v) is 8.19. The van der Waals surface area contributed by atoms with Gasteiger partial charge in [0.25, 0.3) is 0 Å². The Kier molecular flexibility index (Phi) is 7.37. The van der Waals surface area contributed by atoms with Crippen LogP contribution in [0, 0.1) is 5.92 Å². The Balaban J connectivity index is 1.81. The Hall–Kier alpha value is -3.52. The van der Waals surface area contributed by atoms with Crippen molar-refractivity contribution in [2.45, 2.75) is 40.3 Å². The number of fused-ring (bicyclic) bond motifs is 1. The number of rotatable bonds is 9. The second kappa shape index (κ2) is 10.2. The summed E-state index contributed by atoms with van der Waals surface area (Å²) in [6, 6.07) is 11.7. The van der Waals surface area contributed by atoms with Crippen LogP contribution in [0.25, 0.3) is 10.9 Å². The van der Waals surface area contributed by atoms with Crippen LogP contribution in [0.15, 0.2) is 54.6 Å². The quantitative estimate of drug-likeness (QED) is 0.336. The van der Waals surface area contributed by atoms with Gasteiger partial charge in [0.2, 0.25) is 0 Å². The molecule has 0 aliphatic heterocycles. The van der Waals surface area contributed by atoms with Gasteiger partial charge in [-0.1, -0.05) is 26.0 Å². The number of hydrogen-bond acceptors (Lipinski definition) is 8. The van der Waals surface area contributed by atoms with Gasteiger partial charge in [-0.05, 0) is 37.5 Å². The third-order valence-corrected chi connectivity index (χ3v) is 4.83. The van der Waals surface area contributed by atoms with Gasteiger partial charge in [-0.25, -0.2) is 15.8 Å². The van der Waals surface area contributed by atoms with E-state index in [-0.39, 0.29) is 12.0 Å². The molecule has 0 atom stereocenters. The molecule has 2 aromatic carbocycles. The zero-order valence-corrected chi connectivity index (χ0v) is 19.3. The van der Waals surface area contributed by atoms with Gasteiger partial charge in [0.05, 0.1) is 30.7 Å². The number of anilines is 2. The van der Waals surface area contributed by atoms with E-state index in [1.54, 1.807) is 18.3 Å². The molecule has 0 amide bonds. The Morgan fingerprint density at radius 1 is 1.12 bits per heavy atom. The normalized spacial score (nSPS) is 11.8. The Morgan fingerprint density at radius 3 is 2.47 bits per heavy atom. The monoisotopic (exact) mass is 436 g/mol. The number of allylic oxidation sites excluding steroid dienone is 1. The summed E-state index contributed by atoms with van der Waals surface area (Å²) in [7, 11) is 1.62. The minimum atomic E-state index is 0.0526. The van der Waals surface area contributed by atoms with Crippen molar-refractivity contribution in [3.8, 4) is 11.5 Å². The highest BCUT2D eigenvalue weighted by atomic mass is 16.5. The average Bonchev–Trinajstić information content (AvgIpc) is 2.74. The molecule has 0 radical (unpaired) electrons. The zero-order valence-electron chi connectivity index (χ0n) is 19.3. The van der Waals surface area contributed by atoms with E-state index in [0.29, 0.717) is 23.9 Å². The van der Waals surface area contributed by atoms with Gasteiger partial charge in [0.15, 0.2) is 0 Å². The number of ether oxygens (including phenoxy) is 2. The lowest BCUT2D eigenvalue weighted by Gasteiger charge is -2.17. The molecule has 8 nitrogen and oxygen atoms in total. The molecule has 0 saturated carbocycles. The first-order valence-electron chi connectivity index (χ1n) is 10.6. The number of aromatic nitrogens is 2. The molecule has 0 aliphatic rings. The minimum absolute atomic E-state index is 0.0526. The van der Waals surface area contributed by atoms with Crippen LogP contribution in [0.4, 0.5) is 11.5 Å². The lowest BCUT2D eigenvalue weighted by Crippen LogP contribution is -2.26. The van der Waals surface area contributed by atoms with Crippen molar-refractivity contribution in [3.05, 3.63) is 60.2 Å². The number of hydrogen-bond donors (Lipinski definition) is 3. The molecule has 1 aromatic heterocycles. The van der Waals surface area contributed by atoms with E-state index in [4.69, 9.17) is 21.1 Å². The molecule has 170 valence electrons. The molecule has 32 heavy (non-hydrogen) atoms. The van der Waals surface area contributed by atoms with Crippen molar-refractivity contribution in [1.82, 2.24) is 15.0 Å². The van der Waals surface area contributed by atoms with Crippen LogP contribution in [0.5, 0.6) is 11.5 Å². The predicted octanol–water partition coefficient (Wildman–Crippen LogP) is 4.30. The first kappa shape index (κ1) is 23.1. The maximum absolute atomic E-state index is 6.06. The van der Waals surface area contributed by atoms with E-state index in [1.807, 2.05) is 64.1 Å². The molecule has 0 saturated heterocycles. The topological polar surface area (TPSA) is 112 Å². The summed E-state index contributed by atoms with van der Waals surface area (Å²) < 4.78 is 11.4. The lowest BCUT2D eigenvalue weighted by atomic mass is 10.1. The van der Waals surface area contributed by atoms with Crippen LogP contribution in [-0.2, 0) is 6.54 Å². The van der Waals surface area contributed by atoms with Crippen molar-refractivity contribution < 1.29 is 9.47 Å². The summed E-state index contributed by atoms with van der Waals surface area (Å²) in [5.74, 6) is 8.32. The van der Waals surface area contributed by atoms with Crippen molar-refractivity contribution in [2.75, 3.05) is 12.4 Å². The van der Waals surface area contributed by atoms with E-state index in [1.165, 1.54) is 6.33 Å². The van der Waals surface area contributed by atoms with Crippen LogP contribution in [0.1, 0.15) is 33.3 Å². The summed E-state index contributed by atoms with van der Waals surface area (Å²) in [6.45, 7) is 8.57. The first-order chi connectivity index (χ1) is 15.3. The van der Waals surface area contributed by atoms with Gasteiger partial charge in [-0.2, -0.15) is 0 Å². The predicted molar refractivity (Wildman–Crippen MR) is 128 cm³/mol. The molecule has 0 unspecified atom stereocenters. The third kappa shape index (κ3) is 5.79. The third-order valence-electron chi connectivity index (χ3n) is 4.83. The lowest BCUT2D eigenvalue weighted by molar-refractivity contribution is 0.241. The van der Waals surface area contributed by atoms with E-state index in [2.05, 4.69) is 15.3 Å². The number of benzene rings is 2. The highest BCUT2D eigenvalue weighted by molar-refractivity contribution is 5.96. The molecule has 3 rings (SSSR count). The van der Waals surface area contributed by atoms with Crippen LogP contribution in [0.3, 0.4) is 0 Å². The molecule has 0 bridgehead atoms. The van der Waals surface area contributed by atoms with E-state index >= 15 is 0 Å². The maximum Gasteiger partial charge on any atom is 0.145 e. The van der Waals surface area contributed by atoms with Gasteiger partial charge >= 0.3 is 0 Å². The molecule has 5 N–H and O–H groups in total. The van der Waals surface area contributed by atoms with Gasteiger partial charge in [0.1, 0.15) is 23.6 Å². The molecular weight excluding hydrogens is 404 g/mol. The first-order valence-corrected chi connectivity index (χ1v) is 10.6. The SMILES string of the molecule is COc1cc(OC(C)C)cc2ncnc(Nc3ccc(CN(N)/C=C(\N)C(C)C)cc3)c12. The van der Waals surface area contributed by atoms with E-state index in [0.717, 1.165) is 27.9 Å². The smallest absolute Gasteiger partial charge is 0.145 e. The van der Waals surface area contributed by atoms with Gasteiger partial charge in [0, 0.05) is 29.7 Å². The molecule has 0 aliphatic carbocycles. The fourth-order valence-corrected chi connectivity index (χ4v) is 3.15. The number of nitrogens with two attached hydrogens (primary N) is 2. The van der Waals surface area contributed by atoms with Crippen LogP contribution < -0.4 is 26.4 Å². The number of hydrazine groups is 1. The van der Waals surface area contributed by atoms with Gasteiger partial charge < -0.3 is 25.5 Å². The largest absolute Gasteiger partial charge is 0.496 e. The zero-order chi connectivity index (χ0) is 23.3. The van der Waals surface area contributed by atoms with Gasteiger partial charge in [-0.3, -0.25) is 0 Å². The van der Waals surface area contributed by atoms with Crippen LogP contribution in [-0.4, -0.2) is 28.2 Å². The van der Waals surface area contributed by atoms with Crippen molar-refractivity contribution in [3.63, 3.8) is 0 Å². The molecule has 8 heteroatoms. The van der Waals surface area contributed by atoms with Crippen molar-refractivity contribution >= 4 is 22.4 Å². The Morgan fingerprint density at radius 2 is 1.84 bits per heavy atom. The van der Waals surface area contributed by atoms with Crippen molar-refractivity contribution in [1.29, 1.82) is 0 Å². The number of methoxy groups -OCH3 is 1. The van der Waals surface area contributed by atoms with E-state index < -0.39 is 0 Å². The fraction of sp³-hybridized carbons (Fsp3) is 0.333. The standard InChI is InChI=1S/C24H32N6O2/c1-15(2)20(25)13-30(26)12-17-6-8-18(9-7-17)29-24-23-21(27-14-28-24)10-19(32-16(3)4)11-22(23)31-5/h6-11,13-16H,12,25-26H2,1-5H3,(H,27,28,29)/b20-13-. The number of nitrogens with zero attached hydrogens (tertiary/aromatic N) is 3. The molecule has 0 fully saturated rings. The Bertz CT molecular complexity index is 1080. The number of nitrogens with one attached hydrogen (secondary N) is 1. The Labute approximate surface area is 189 Å². The second-order valence-electron chi connectivity index (χ2n) is 8.19. The summed E-state index contributed by atoms with van der Waals surface area (Å²) >= 11 is 0. The van der Waals surface area contributed by atoms with Crippen LogP contribution >= 0.6 is 0 Å². The summed E-state index contributed by atoms with van der Waals surface area (Å²) in [4.78, 5) is 8.82. The van der Waals surface area contributed by atoms with Crippen LogP contribution in [0.2, 0.25) is 0 Å². The van der Waals surface area contributed by atoms with E-state index in [9.17, 15) is 0 Å².